The third-order valence-corrected chi connectivity index (χ3v) is 8.38. The number of rotatable bonds is 11. The van der Waals surface area contributed by atoms with Crippen LogP contribution in [-0.4, -0.2) is 36.8 Å². The summed E-state index contributed by atoms with van der Waals surface area (Å²) < 4.78 is 31.4. The zero-order valence-corrected chi connectivity index (χ0v) is 32.0. The lowest BCUT2D eigenvalue weighted by atomic mass is 9.62. The lowest BCUT2D eigenvalue weighted by Crippen LogP contribution is -2.36. The van der Waals surface area contributed by atoms with E-state index in [1.807, 2.05) is 26.0 Å². The number of phenolic OH excluding ortho intramolecular Hbond substituents is 1. The number of benzene rings is 2. The Bertz CT molecular complexity index is 1580. The van der Waals surface area contributed by atoms with Gasteiger partial charge in [0.15, 0.2) is 11.6 Å². The molecule has 1 aliphatic carbocycles. The molecule has 7 nitrogen and oxygen atoms in total. The van der Waals surface area contributed by atoms with Gasteiger partial charge in [-0.3, -0.25) is 14.2 Å². The number of hydrogen-bond donors (Lipinski definition) is 2. The van der Waals surface area contributed by atoms with Crippen LogP contribution in [-0.2, 0) is 16.6 Å². The first-order valence-electron chi connectivity index (χ1n) is 17.7. The van der Waals surface area contributed by atoms with Gasteiger partial charge in [0.25, 0.3) is 0 Å². The minimum Gasteiger partial charge on any atom is -0.505 e. The Kier molecular flexibility index (Phi) is 22.1. The quantitative estimate of drug-likeness (QED) is 0.153. The predicted octanol–water partition coefficient (Wildman–Crippen LogP) is 9.20. The summed E-state index contributed by atoms with van der Waals surface area (Å²) in [5.41, 5.74) is 9.67. The van der Waals surface area contributed by atoms with Gasteiger partial charge in [0.1, 0.15) is 5.75 Å². The van der Waals surface area contributed by atoms with Gasteiger partial charge in [0, 0.05) is 22.4 Å². The number of carbonyl (C=O) groups is 1. The van der Waals surface area contributed by atoms with E-state index in [-0.39, 0.29) is 24.3 Å². The van der Waals surface area contributed by atoms with E-state index in [0.717, 1.165) is 34.9 Å². The van der Waals surface area contributed by atoms with Gasteiger partial charge in [-0.1, -0.05) is 92.1 Å². The Hall–Kier alpha value is -4.14. The third-order valence-electron chi connectivity index (χ3n) is 8.38. The molecule has 0 saturated carbocycles. The van der Waals surface area contributed by atoms with Crippen molar-refractivity contribution >= 4 is 19.1 Å². The van der Waals surface area contributed by atoms with Crippen LogP contribution in [0, 0.1) is 23.6 Å². The number of aryl methyl sites for hydroxylation is 1. The number of nitroso groups, excluding NO2 is 1. The Morgan fingerprint density at radius 1 is 1.14 bits per heavy atom. The maximum atomic E-state index is 13.5. The molecule has 0 bridgehead atoms. The first-order valence-corrected chi connectivity index (χ1v) is 17.7. The molecule has 0 aliphatic heterocycles. The number of methoxy groups -OCH3 is 1. The number of nitrogens with zero attached hydrogens (tertiary/aromatic N) is 2. The zero-order chi connectivity index (χ0) is 38.4. The Morgan fingerprint density at radius 2 is 1.76 bits per heavy atom. The zero-order valence-electron chi connectivity index (χ0n) is 32.0. The van der Waals surface area contributed by atoms with Crippen LogP contribution in [0.3, 0.4) is 0 Å². The number of aromatic nitrogens is 1. The average molecular weight is 698 g/mol. The highest BCUT2D eigenvalue weighted by Crippen LogP contribution is 2.48. The van der Waals surface area contributed by atoms with Crippen molar-refractivity contribution in [2.75, 3.05) is 20.3 Å². The summed E-state index contributed by atoms with van der Waals surface area (Å²) in [4.78, 5) is 24.2. The molecule has 1 amide bonds. The fourth-order valence-corrected chi connectivity index (χ4v) is 5.36. The largest absolute Gasteiger partial charge is 0.505 e. The number of aromatic hydroxyl groups is 1. The molecule has 0 fully saturated rings. The smallest absolute Gasteiger partial charge is 0.204 e. The van der Waals surface area contributed by atoms with E-state index in [9.17, 15) is 18.8 Å². The highest BCUT2D eigenvalue weighted by molar-refractivity contribution is 5.70. The van der Waals surface area contributed by atoms with Gasteiger partial charge in [0.2, 0.25) is 6.41 Å². The lowest BCUT2D eigenvalue weighted by Gasteiger charge is -2.42. The summed E-state index contributed by atoms with van der Waals surface area (Å²) in [6, 6.07) is 10.4. The summed E-state index contributed by atoms with van der Waals surface area (Å²) in [5, 5.41) is 14.9. The second-order valence-corrected chi connectivity index (χ2v) is 12.6. The van der Waals surface area contributed by atoms with E-state index in [2.05, 4.69) is 78.1 Å². The summed E-state index contributed by atoms with van der Waals surface area (Å²) >= 11 is 0. The molecule has 1 heterocycles. The monoisotopic (exact) mass is 697 g/mol. The molecule has 2 aromatic carbocycles. The number of phenols is 1. The second-order valence-electron chi connectivity index (χ2n) is 12.6. The Labute approximate surface area is 299 Å². The van der Waals surface area contributed by atoms with Gasteiger partial charge < -0.3 is 15.6 Å². The van der Waals surface area contributed by atoms with Crippen molar-refractivity contribution in [3.63, 3.8) is 0 Å². The van der Waals surface area contributed by atoms with Crippen LogP contribution >= 0.6 is 0 Å². The topological polar surface area (TPSA) is 115 Å². The van der Waals surface area contributed by atoms with E-state index in [1.165, 1.54) is 35.8 Å². The van der Waals surface area contributed by atoms with Crippen molar-refractivity contribution < 1.29 is 23.4 Å². The van der Waals surface area contributed by atoms with E-state index in [1.54, 1.807) is 13.2 Å². The molecular formula is C41H61F2N3O4. The SMILES string of the molecule is C=c1c(OC)cc(C)c/c1=C/C(C)C.CC.CCC1(C)Cc2c1cc(C(CCCF)CN=O)nc2-c1ccc(F)c(O)c1.CCCC.NC=O. The van der Waals surface area contributed by atoms with Crippen LogP contribution in [0.4, 0.5) is 8.78 Å². The minimum atomic E-state index is -0.682. The van der Waals surface area contributed by atoms with Crippen LogP contribution in [0.25, 0.3) is 23.9 Å². The molecule has 2 unspecified atom stereocenters. The summed E-state index contributed by atoms with van der Waals surface area (Å²) in [7, 11) is 1.68. The van der Waals surface area contributed by atoms with Gasteiger partial charge in [0.05, 0.1) is 26.0 Å². The molecule has 3 N–H and O–H groups in total. The molecule has 3 aromatic rings. The first kappa shape index (κ1) is 45.9. The Balaban J connectivity index is 0.000000871. The standard InChI is InChI=1S/C21H24F2N2O2.C13H18O.C4H10.C2H6.CH3NO/c1-3-21(2)11-15-16(21)10-18(14(12-24-27)5-4-8-22)25-20(15)13-6-7-17(23)19(26)9-13;1-9(2)6-12-7-10(3)8-13(14-5)11(12)4;1-3-4-2;1-2;2-1-3/h6-7,9-10,14,26H,3-5,8,11-12H2,1-2H3;6-9H,4H2,1-3,5H3;3-4H2,1-2H3;1-2H3;1H,(H2,2,3)/b;12-6-;;;. The molecule has 0 radical (unpaired) electrons. The van der Waals surface area contributed by atoms with Crippen LogP contribution < -0.4 is 20.9 Å². The van der Waals surface area contributed by atoms with Gasteiger partial charge in [-0.15, -0.1) is 0 Å². The van der Waals surface area contributed by atoms with Gasteiger partial charge >= 0.3 is 0 Å². The van der Waals surface area contributed by atoms with Crippen molar-refractivity contribution in [1.29, 1.82) is 0 Å². The highest BCUT2D eigenvalue weighted by Gasteiger charge is 2.40. The molecule has 1 aliphatic rings. The molecule has 9 heteroatoms. The third kappa shape index (κ3) is 13.6. The van der Waals surface area contributed by atoms with E-state index in [0.29, 0.717) is 35.7 Å². The van der Waals surface area contributed by atoms with Crippen molar-refractivity contribution in [3.8, 4) is 22.8 Å². The predicted molar refractivity (Wildman–Crippen MR) is 205 cm³/mol. The van der Waals surface area contributed by atoms with Gasteiger partial charge in [-0.25, -0.2) is 4.39 Å². The number of unbranched alkanes of at least 4 members (excludes halogenated alkanes) is 1. The first-order chi connectivity index (χ1) is 23.8. The number of ether oxygens (including phenoxy) is 1. The number of fused-ring (bicyclic) bond motifs is 1. The summed E-state index contributed by atoms with van der Waals surface area (Å²) in [5.74, 6) is 0.0460. The minimum absolute atomic E-state index is 0.0170. The van der Waals surface area contributed by atoms with Crippen molar-refractivity contribution in [3.05, 3.63) is 79.9 Å². The Morgan fingerprint density at radius 3 is 2.24 bits per heavy atom. The van der Waals surface area contributed by atoms with Crippen LogP contribution in [0.2, 0.25) is 0 Å². The number of primary amides is 1. The number of halogens is 2. The molecule has 4 rings (SSSR count). The van der Waals surface area contributed by atoms with E-state index < -0.39 is 18.2 Å². The molecule has 50 heavy (non-hydrogen) atoms. The fraction of sp³-hybridized carbons (Fsp3) is 0.512. The molecule has 1 aromatic heterocycles. The number of pyridine rings is 1. The van der Waals surface area contributed by atoms with E-state index in [4.69, 9.17) is 14.5 Å². The van der Waals surface area contributed by atoms with Gasteiger partial charge in [-0.05, 0) is 96.2 Å². The number of alkyl halides is 1. The summed E-state index contributed by atoms with van der Waals surface area (Å²) in [6.07, 6.45) is 7.73. The average Bonchev–Trinajstić information content (AvgIpc) is 3.10. The molecule has 278 valence electrons. The molecule has 2 atom stereocenters. The van der Waals surface area contributed by atoms with Crippen LogP contribution in [0.1, 0.15) is 116 Å². The van der Waals surface area contributed by atoms with Crippen molar-refractivity contribution in [2.45, 2.75) is 112 Å². The summed E-state index contributed by atoms with van der Waals surface area (Å²) in [6.45, 7) is 22.7. The number of carbonyl (C=O) groups excluding carboxylic acids is 1. The molecule has 0 saturated heterocycles. The lowest BCUT2D eigenvalue weighted by molar-refractivity contribution is -0.106. The maximum Gasteiger partial charge on any atom is 0.204 e. The van der Waals surface area contributed by atoms with Crippen molar-refractivity contribution in [1.82, 2.24) is 4.98 Å². The van der Waals surface area contributed by atoms with Gasteiger partial charge in [-0.2, -0.15) is 4.91 Å². The second kappa shape index (κ2) is 24.1. The fourth-order valence-electron chi connectivity index (χ4n) is 5.36. The number of amides is 1. The van der Waals surface area contributed by atoms with E-state index >= 15 is 0 Å². The molecule has 0 spiro atoms. The number of hydrogen-bond acceptors (Lipinski definition) is 6. The number of nitrogens with two attached hydrogens (primary N) is 1. The van der Waals surface area contributed by atoms with Crippen molar-refractivity contribution in [2.24, 2.45) is 16.8 Å². The van der Waals surface area contributed by atoms with Crippen LogP contribution in [0.5, 0.6) is 11.5 Å². The molecular weight excluding hydrogens is 636 g/mol. The maximum absolute atomic E-state index is 13.5. The highest BCUT2D eigenvalue weighted by atomic mass is 19.1. The normalized spacial score (nSPS) is 14.8. The van der Waals surface area contributed by atoms with Crippen LogP contribution in [0.15, 0.2) is 41.6 Å².